The third kappa shape index (κ3) is 3.66. The summed E-state index contributed by atoms with van der Waals surface area (Å²) >= 11 is 6.13. The second-order valence-electron chi connectivity index (χ2n) is 5.17. The Morgan fingerprint density at radius 1 is 1.43 bits per heavy atom. The average molecular weight is 328 g/mol. The van der Waals surface area contributed by atoms with Gasteiger partial charge in [-0.15, -0.1) is 0 Å². The third-order valence-corrected chi connectivity index (χ3v) is 5.19. The molecule has 0 N–H and O–H groups in total. The molecule has 0 aromatic heterocycles. The summed E-state index contributed by atoms with van der Waals surface area (Å²) in [6.07, 6.45) is 2.64. The van der Waals surface area contributed by atoms with Crippen LogP contribution >= 0.6 is 11.6 Å². The molecule has 6 heteroatoms. The number of hydrogen-bond donors (Lipinski definition) is 0. The fourth-order valence-corrected chi connectivity index (χ4v) is 3.75. The summed E-state index contributed by atoms with van der Waals surface area (Å²) in [6, 6.07) is 4.88. The molecule has 0 bridgehead atoms. The molecule has 21 heavy (non-hydrogen) atoms. The number of rotatable bonds is 4. The van der Waals surface area contributed by atoms with E-state index in [4.69, 9.17) is 11.6 Å². The van der Waals surface area contributed by atoms with Gasteiger partial charge in [-0.2, -0.15) is 0 Å². The van der Waals surface area contributed by atoms with Crippen LogP contribution in [0.1, 0.15) is 25.3 Å². The van der Waals surface area contributed by atoms with E-state index in [9.17, 15) is 13.2 Å². The van der Waals surface area contributed by atoms with Gasteiger partial charge in [0.05, 0.1) is 11.8 Å². The van der Waals surface area contributed by atoms with Gasteiger partial charge in [0, 0.05) is 22.5 Å². The fraction of sp³-hybridized carbons (Fsp3) is 0.400. The van der Waals surface area contributed by atoms with Crippen molar-refractivity contribution in [1.29, 1.82) is 0 Å². The van der Waals surface area contributed by atoms with Crippen molar-refractivity contribution in [3.63, 3.8) is 0 Å². The summed E-state index contributed by atoms with van der Waals surface area (Å²) in [5.41, 5.74) is 1.55. The van der Waals surface area contributed by atoms with Gasteiger partial charge in [0.2, 0.25) is 5.91 Å². The first-order chi connectivity index (χ1) is 9.84. The molecule has 4 nitrogen and oxygen atoms in total. The van der Waals surface area contributed by atoms with Crippen molar-refractivity contribution in [3.05, 3.63) is 40.3 Å². The normalized spacial score (nSPS) is 19.7. The van der Waals surface area contributed by atoms with Crippen molar-refractivity contribution in [2.75, 3.05) is 10.7 Å². The van der Waals surface area contributed by atoms with E-state index >= 15 is 0 Å². The Balaban J connectivity index is 2.39. The quantitative estimate of drug-likeness (QED) is 0.854. The number of benzene rings is 1. The van der Waals surface area contributed by atoms with E-state index in [-0.39, 0.29) is 11.7 Å². The summed E-state index contributed by atoms with van der Waals surface area (Å²) < 4.78 is 23.3. The molecule has 1 amide bonds. The Labute approximate surface area is 130 Å². The van der Waals surface area contributed by atoms with E-state index in [0.29, 0.717) is 23.6 Å². The van der Waals surface area contributed by atoms with Gasteiger partial charge in [-0.25, -0.2) is 8.42 Å². The largest absolute Gasteiger partial charge is 0.304 e. The first kappa shape index (κ1) is 16.0. The Kier molecular flexibility index (Phi) is 4.74. The van der Waals surface area contributed by atoms with Crippen molar-refractivity contribution in [3.8, 4) is 0 Å². The average Bonchev–Trinajstić information content (AvgIpc) is 2.74. The molecule has 1 aromatic rings. The maximum absolute atomic E-state index is 12.4. The van der Waals surface area contributed by atoms with Crippen molar-refractivity contribution in [2.45, 2.75) is 32.7 Å². The zero-order valence-corrected chi connectivity index (χ0v) is 13.6. The van der Waals surface area contributed by atoms with E-state index < -0.39 is 15.9 Å². The zero-order valence-electron chi connectivity index (χ0n) is 12.0. The molecule has 0 saturated carbocycles. The SMILES string of the molecule is CCCC(=O)N(c1ccc(C)c(Cl)c1)[C@H]1C=CS(=O)(=O)C1. The van der Waals surface area contributed by atoms with Crippen LogP contribution in [0, 0.1) is 6.92 Å². The summed E-state index contributed by atoms with van der Waals surface area (Å²) in [5, 5.41) is 1.74. The van der Waals surface area contributed by atoms with E-state index in [1.165, 1.54) is 10.3 Å². The van der Waals surface area contributed by atoms with Crippen LogP contribution < -0.4 is 4.90 Å². The van der Waals surface area contributed by atoms with Crippen molar-refractivity contribution < 1.29 is 13.2 Å². The molecular weight excluding hydrogens is 310 g/mol. The third-order valence-electron chi connectivity index (χ3n) is 3.41. The highest BCUT2D eigenvalue weighted by Crippen LogP contribution is 2.28. The number of sulfone groups is 1. The van der Waals surface area contributed by atoms with E-state index in [1.54, 1.807) is 18.2 Å². The minimum Gasteiger partial charge on any atom is -0.304 e. The lowest BCUT2D eigenvalue weighted by molar-refractivity contribution is -0.118. The van der Waals surface area contributed by atoms with Crippen LogP contribution in [-0.2, 0) is 14.6 Å². The van der Waals surface area contributed by atoms with Gasteiger partial charge in [0.15, 0.2) is 9.84 Å². The maximum atomic E-state index is 12.4. The van der Waals surface area contributed by atoms with Crippen LogP contribution in [0.3, 0.4) is 0 Å². The minimum atomic E-state index is -3.22. The number of halogens is 1. The molecule has 0 aliphatic carbocycles. The molecular formula is C15H18ClNO3S. The number of carbonyl (C=O) groups excluding carboxylic acids is 1. The van der Waals surface area contributed by atoms with Gasteiger partial charge in [-0.1, -0.05) is 24.6 Å². The highest BCUT2D eigenvalue weighted by molar-refractivity contribution is 7.94. The minimum absolute atomic E-state index is 0.0754. The Hall–Kier alpha value is -1.33. The molecule has 0 radical (unpaired) electrons. The summed E-state index contributed by atoms with van der Waals surface area (Å²) in [4.78, 5) is 13.9. The second-order valence-corrected chi connectivity index (χ2v) is 7.51. The van der Waals surface area contributed by atoms with Gasteiger partial charge < -0.3 is 4.90 Å². The summed E-state index contributed by atoms with van der Waals surface area (Å²) in [6.45, 7) is 3.80. The summed E-state index contributed by atoms with van der Waals surface area (Å²) in [7, 11) is -3.22. The first-order valence-electron chi connectivity index (χ1n) is 6.83. The van der Waals surface area contributed by atoms with Crippen molar-refractivity contribution >= 4 is 33.0 Å². The van der Waals surface area contributed by atoms with Crippen molar-refractivity contribution in [2.24, 2.45) is 0 Å². The van der Waals surface area contributed by atoms with Crippen molar-refractivity contribution in [1.82, 2.24) is 0 Å². The highest BCUT2D eigenvalue weighted by atomic mass is 35.5. The second kappa shape index (κ2) is 6.20. The van der Waals surface area contributed by atoms with Crippen LogP contribution in [-0.4, -0.2) is 26.1 Å². The van der Waals surface area contributed by atoms with Crippen LogP contribution in [0.5, 0.6) is 0 Å². The fourth-order valence-electron chi connectivity index (χ4n) is 2.31. The number of hydrogen-bond acceptors (Lipinski definition) is 3. The Morgan fingerprint density at radius 3 is 2.67 bits per heavy atom. The molecule has 1 atom stereocenters. The molecule has 1 aliphatic heterocycles. The predicted octanol–water partition coefficient (Wildman–Crippen LogP) is 3.09. The van der Waals surface area contributed by atoms with Gasteiger partial charge in [0.25, 0.3) is 0 Å². The smallest absolute Gasteiger partial charge is 0.227 e. The Morgan fingerprint density at radius 2 is 2.14 bits per heavy atom. The van der Waals surface area contributed by atoms with Crippen LogP contribution in [0.15, 0.2) is 29.7 Å². The number of amides is 1. The lowest BCUT2D eigenvalue weighted by Crippen LogP contribution is -2.41. The number of nitrogens with zero attached hydrogens (tertiary/aromatic N) is 1. The number of aryl methyl sites for hydroxylation is 1. The topological polar surface area (TPSA) is 54.5 Å². The number of anilines is 1. The monoisotopic (exact) mass is 327 g/mol. The highest BCUT2D eigenvalue weighted by Gasteiger charge is 2.31. The molecule has 1 aliphatic rings. The van der Waals surface area contributed by atoms with Gasteiger partial charge in [-0.3, -0.25) is 4.79 Å². The lowest BCUT2D eigenvalue weighted by atomic mass is 10.1. The zero-order chi connectivity index (χ0) is 15.6. The molecule has 2 rings (SSSR count). The van der Waals surface area contributed by atoms with E-state index in [1.807, 2.05) is 19.9 Å². The predicted molar refractivity (Wildman–Crippen MR) is 85.3 cm³/mol. The lowest BCUT2D eigenvalue weighted by Gasteiger charge is -2.28. The molecule has 114 valence electrons. The molecule has 0 unspecified atom stereocenters. The van der Waals surface area contributed by atoms with E-state index in [2.05, 4.69) is 0 Å². The first-order valence-corrected chi connectivity index (χ1v) is 8.92. The van der Waals surface area contributed by atoms with Crippen LogP contribution in [0.2, 0.25) is 5.02 Å². The molecule has 0 fully saturated rings. The summed E-state index contributed by atoms with van der Waals surface area (Å²) in [5.74, 6) is -0.169. The van der Waals surface area contributed by atoms with Gasteiger partial charge in [0.1, 0.15) is 0 Å². The van der Waals surface area contributed by atoms with Crippen LogP contribution in [0.4, 0.5) is 5.69 Å². The molecule has 1 heterocycles. The van der Waals surface area contributed by atoms with E-state index in [0.717, 1.165) is 5.56 Å². The Bertz CT molecular complexity index is 682. The standard InChI is InChI=1S/C15H18ClNO3S/c1-3-4-15(18)17(13-7-8-21(19,20)10-13)12-6-5-11(2)14(16)9-12/h5-9,13H,3-4,10H2,1-2H3/t13-/m0/s1. The number of carbonyl (C=O) groups is 1. The maximum Gasteiger partial charge on any atom is 0.227 e. The molecule has 0 spiro atoms. The molecule has 0 saturated heterocycles. The molecule has 1 aromatic carbocycles. The van der Waals surface area contributed by atoms with Gasteiger partial charge in [-0.05, 0) is 37.1 Å². The van der Waals surface area contributed by atoms with Gasteiger partial charge >= 0.3 is 0 Å². The van der Waals surface area contributed by atoms with Crippen LogP contribution in [0.25, 0.3) is 0 Å².